The molecule has 5 nitrogen and oxygen atoms in total. The van der Waals surface area contributed by atoms with Crippen molar-refractivity contribution < 1.29 is 0 Å². The number of aromatic nitrogens is 4. The van der Waals surface area contributed by atoms with Gasteiger partial charge in [0, 0.05) is 0 Å². The van der Waals surface area contributed by atoms with Gasteiger partial charge in [-0.1, -0.05) is 18.2 Å². The first-order valence-corrected chi connectivity index (χ1v) is 6.46. The fraction of sp³-hybridized carbons (Fsp3) is 0. The molecule has 1 N–H and O–H groups in total. The van der Waals surface area contributed by atoms with Gasteiger partial charge in [-0.25, -0.2) is 9.97 Å². The van der Waals surface area contributed by atoms with Crippen LogP contribution in [0, 0.1) is 11.3 Å². The van der Waals surface area contributed by atoms with E-state index in [0.29, 0.717) is 22.6 Å². The summed E-state index contributed by atoms with van der Waals surface area (Å²) in [5.41, 5.74) is 4.34. The van der Waals surface area contributed by atoms with Gasteiger partial charge in [0.2, 0.25) is 0 Å². The molecule has 21 heavy (non-hydrogen) atoms. The molecule has 0 unspecified atom stereocenters. The Balaban J connectivity index is 1.94. The Labute approximate surface area is 119 Å². The van der Waals surface area contributed by atoms with Gasteiger partial charge in [0.1, 0.15) is 17.3 Å². The molecule has 98 valence electrons. The van der Waals surface area contributed by atoms with E-state index < -0.39 is 0 Å². The number of nitrogens with zero attached hydrogens (tertiary/aromatic N) is 4. The lowest BCUT2D eigenvalue weighted by atomic mass is 10.2. The molecular weight excluding hydrogens is 262 g/mol. The van der Waals surface area contributed by atoms with Gasteiger partial charge in [0.15, 0.2) is 5.82 Å². The van der Waals surface area contributed by atoms with E-state index in [9.17, 15) is 0 Å². The smallest absolute Gasteiger partial charge is 0.158 e. The third-order valence-corrected chi connectivity index (χ3v) is 3.32. The Kier molecular flexibility index (Phi) is 2.42. The van der Waals surface area contributed by atoms with Crippen molar-refractivity contribution in [3.63, 3.8) is 0 Å². The highest BCUT2D eigenvalue weighted by Gasteiger charge is 2.10. The minimum absolute atomic E-state index is 0.545. The highest BCUT2D eigenvalue weighted by molar-refractivity contribution is 5.84. The van der Waals surface area contributed by atoms with Crippen molar-refractivity contribution >= 4 is 22.1 Å². The number of imidazole rings is 1. The minimum Gasteiger partial charge on any atom is -0.337 e. The predicted octanol–water partition coefficient (Wildman–Crippen LogP) is 3.04. The van der Waals surface area contributed by atoms with Crippen LogP contribution in [0.1, 0.15) is 5.56 Å². The minimum atomic E-state index is 0.545. The molecule has 4 aromatic rings. The number of rotatable bonds is 1. The summed E-state index contributed by atoms with van der Waals surface area (Å²) in [4.78, 5) is 16.6. The Bertz CT molecular complexity index is 1010. The molecule has 0 bridgehead atoms. The van der Waals surface area contributed by atoms with Gasteiger partial charge in [-0.05, 0) is 24.3 Å². The van der Waals surface area contributed by atoms with Crippen LogP contribution in [0.3, 0.4) is 0 Å². The number of benzene rings is 2. The van der Waals surface area contributed by atoms with E-state index in [0.717, 1.165) is 16.6 Å². The summed E-state index contributed by atoms with van der Waals surface area (Å²) in [5, 5.41) is 9.12. The average molecular weight is 271 g/mol. The number of fused-ring (bicyclic) bond motifs is 2. The van der Waals surface area contributed by atoms with Crippen molar-refractivity contribution in [2.45, 2.75) is 0 Å². The predicted molar refractivity (Wildman–Crippen MR) is 79.3 cm³/mol. The van der Waals surface area contributed by atoms with Crippen LogP contribution in [0.25, 0.3) is 33.6 Å². The third kappa shape index (κ3) is 1.82. The topological polar surface area (TPSA) is 78.2 Å². The second-order valence-electron chi connectivity index (χ2n) is 4.64. The standard InChI is InChI=1S/C16H9N5/c17-8-10-4-3-7-13-15(10)21-16(20-13)14-9-18-11-5-1-2-6-12(11)19-14/h1-7,9H,(H,20,21). The van der Waals surface area contributed by atoms with Crippen LogP contribution in [0.2, 0.25) is 0 Å². The van der Waals surface area contributed by atoms with Crippen LogP contribution in [0.5, 0.6) is 0 Å². The lowest BCUT2D eigenvalue weighted by molar-refractivity contribution is 1.22. The number of nitriles is 1. The molecule has 4 rings (SSSR count). The molecule has 0 amide bonds. The van der Waals surface area contributed by atoms with Gasteiger partial charge in [-0.3, -0.25) is 4.98 Å². The highest BCUT2D eigenvalue weighted by atomic mass is 15.0. The molecule has 0 spiro atoms. The summed E-state index contributed by atoms with van der Waals surface area (Å²) >= 11 is 0. The van der Waals surface area contributed by atoms with Crippen molar-refractivity contribution in [2.24, 2.45) is 0 Å². The van der Waals surface area contributed by atoms with Gasteiger partial charge < -0.3 is 4.98 Å². The third-order valence-electron chi connectivity index (χ3n) is 3.32. The van der Waals surface area contributed by atoms with E-state index >= 15 is 0 Å². The molecule has 0 saturated carbocycles. The lowest BCUT2D eigenvalue weighted by Crippen LogP contribution is -1.89. The summed E-state index contributed by atoms with van der Waals surface area (Å²) in [5.74, 6) is 0.617. The fourth-order valence-electron chi connectivity index (χ4n) is 2.31. The molecular formula is C16H9N5. The zero-order valence-corrected chi connectivity index (χ0v) is 10.9. The first-order chi connectivity index (χ1) is 10.3. The largest absolute Gasteiger partial charge is 0.337 e. The summed E-state index contributed by atoms with van der Waals surface area (Å²) < 4.78 is 0. The van der Waals surface area contributed by atoms with Crippen LogP contribution in [-0.4, -0.2) is 19.9 Å². The van der Waals surface area contributed by atoms with Crippen LogP contribution in [-0.2, 0) is 0 Å². The highest BCUT2D eigenvalue weighted by Crippen LogP contribution is 2.22. The fourth-order valence-corrected chi connectivity index (χ4v) is 2.31. The van der Waals surface area contributed by atoms with Gasteiger partial charge in [-0.15, -0.1) is 0 Å². The average Bonchev–Trinajstić information content (AvgIpc) is 2.98. The number of para-hydroxylation sites is 3. The molecule has 2 heterocycles. The molecule has 0 atom stereocenters. The van der Waals surface area contributed by atoms with Crippen molar-refractivity contribution in [1.82, 2.24) is 19.9 Å². The van der Waals surface area contributed by atoms with Crippen LogP contribution in [0.4, 0.5) is 0 Å². The van der Waals surface area contributed by atoms with E-state index in [1.54, 1.807) is 12.3 Å². The van der Waals surface area contributed by atoms with E-state index in [1.807, 2.05) is 36.4 Å². The Morgan fingerprint density at radius 2 is 1.81 bits per heavy atom. The second-order valence-corrected chi connectivity index (χ2v) is 4.64. The number of hydrogen-bond acceptors (Lipinski definition) is 4. The van der Waals surface area contributed by atoms with Gasteiger partial charge in [0.25, 0.3) is 0 Å². The van der Waals surface area contributed by atoms with Crippen LogP contribution >= 0.6 is 0 Å². The van der Waals surface area contributed by atoms with E-state index in [1.165, 1.54) is 0 Å². The van der Waals surface area contributed by atoms with Crippen LogP contribution < -0.4 is 0 Å². The normalized spacial score (nSPS) is 10.8. The van der Waals surface area contributed by atoms with Crippen molar-refractivity contribution in [1.29, 1.82) is 5.26 Å². The summed E-state index contributed by atoms with van der Waals surface area (Å²) in [6.45, 7) is 0. The van der Waals surface area contributed by atoms with E-state index in [4.69, 9.17) is 5.26 Å². The molecule has 0 aliphatic heterocycles. The zero-order chi connectivity index (χ0) is 14.2. The molecule has 0 saturated heterocycles. The molecule has 5 heteroatoms. The number of aromatic amines is 1. The summed E-state index contributed by atoms with van der Waals surface area (Å²) in [6.07, 6.45) is 1.69. The quantitative estimate of drug-likeness (QED) is 0.577. The molecule has 0 aliphatic carbocycles. The SMILES string of the molecule is N#Cc1cccc2[nH]c(-c3cnc4ccccc4n3)nc12. The first kappa shape index (κ1) is 11.6. The lowest BCUT2D eigenvalue weighted by Gasteiger charge is -1.98. The van der Waals surface area contributed by atoms with Gasteiger partial charge in [0.05, 0.1) is 28.3 Å². The van der Waals surface area contributed by atoms with Crippen molar-refractivity contribution in [2.75, 3.05) is 0 Å². The Hall–Kier alpha value is -3.26. The van der Waals surface area contributed by atoms with Crippen LogP contribution in [0.15, 0.2) is 48.7 Å². The molecule has 0 radical (unpaired) electrons. The summed E-state index contributed by atoms with van der Waals surface area (Å²) in [6, 6.07) is 15.3. The van der Waals surface area contributed by atoms with E-state index in [-0.39, 0.29) is 0 Å². The second kappa shape index (κ2) is 4.39. The maximum absolute atomic E-state index is 9.12. The zero-order valence-electron chi connectivity index (χ0n) is 10.9. The maximum atomic E-state index is 9.12. The van der Waals surface area contributed by atoms with Gasteiger partial charge in [-0.2, -0.15) is 5.26 Å². The number of H-pyrrole nitrogens is 1. The van der Waals surface area contributed by atoms with Crippen molar-refractivity contribution in [3.05, 3.63) is 54.2 Å². The Morgan fingerprint density at radius 3 is 2.67 bits per heavy atom. The first-order valence-electron chi connectivity index (χ1n) is 6.46. The number of nitrogens with one attached hydrogen (secondary N) is 1. The maximum Gasteiger partial charge on any atom is 0.158 e. The monoisotopic (exact) mass is 271 g/mol. The Morgan fingerprint density at radius 1 is 0.952 bits per heavy atom. The van der Waals surface area contributed by atoms with Gasteiger partial charge >= 0.3 is 0 Å². The molecule has 0 fully saturated rings. The molecule has 0 aliphatic rings. The molecule has 2 aromatic heterocycles. The number of hydrogen-bond donors (Lipinski definition) is 1. The van der Waals surface area contributed by atoms with Crippen molar-refractivity contribution in [3.8, 4) is 17.6 Å². The molecule has 2 aromatic carbocycles. The van der Waals surface area contributed by atoms with E-state index in [2.05, 4.69) is 26.0 Å². The summed E-state index contributed by atoms with van der Waals surface area (Å²) in [7, 11) is 0.